The monoisotopic (exact) mass is 225 g/mol. The Morgan fingerprint density at radius 2 is 1.81 bits per heavy atom. The highest BCUT2D eigenvalue weighted by Gasteiger charge is 2.23. The van der Waals surface area contributed by atoms with Gasteiger partial charge >= 0.3 is 0 Å². The summed E-state index contributed by atoms with van der Waals surface area (Å²) >= 11 is 0. The first-order chi connectivity index (χ1) is 7.77. The van der Waals surface area contributed by atoms with Crippen LogP contribution in [0.15, 0.2) is 0 Å². The first kappa shape index (κ1) is 14.0. The third kappa shape index (κ3) is 4.86. The summed E-state index contributed by atoms with van der Waals surface area (Å²) in [7, 11) is 0. The number of nitrogens with one attached hydrogen (secondary N) is 1. The molecule has 96 valence electrons. The van der Waals surface area contributed by atoms with E-state index in [2.05, 4.69) is 26.1 Å². The lowest BCUT2D eigenvalue weighted by molar-refractivity contribution is 0.236. The Bertz CT molecular complexity index is 161. The summed E-state index contributed by atoms with van der Waals surface area (Å²) in [6.07, 6.45) is 11.5. The molecule has 0 heterocycles. The molecule has 1 fully saturated rings. The molecule has 1 N–H and O–H groups in total. The number of hydrogen-bond donors (Lipinski definition) is 1. The van der Waals surface area contributed by atoms with Gasteiger partial charge in [-0.2, -0.15) is 0 Å². The zero-order valence-corrected chi connectivity index (χ0v) is 11.6. The average Bonchev–Trinajstić information content (AvgIpc) is 2.30. The van der Waals surface area contributed by atoms with Crippen molar-refractivity contribution in [3.63, 3.8) is 0 Å². The second kappa shape index (κ2) is 8.11. The molecule has 2 atom stereocenters. The summed E-state index contributed by atoms with van der Waals surface area (Å²) in [6.45, 7) is 8.12. The van der Waals surface area contributed by atoms with Crippen LogP contribution in [-0.2, 0) is 0 Å². The third-order valence-electron chi connectivity index (χ3n) is 4.12. The minimum absolute atomic E-state index is 0.798. The molecule has 16 heavy (non-hydrogen) atoms. The van der Waals surface area contributed by atoms with E-state index in [-0.39, 0.29) is 0 Å². The van der Waals surface area contributed by atoms with Gasteiger partial charge in [0.2, 0.25) is 0 Å². The molecule has 1 aliphatic rings. The van der Waals surface area contributed by atoms with Crippen LogP contribution in [0.4, 0.5) is 0 Å². The van der Waals surface area contributed by atoms with E-state index in [0.717, 1.165) is 24.4 Å². The number of rotatable bonds is 7. The Kier molecular flexibility index (Phi) is 7.11. The van der Waals surface area contributed by atoms with E-state index in [1.54, 1.807) is 0 Å². The van der Waals surface area contributed by atoms with Gasteiger partial charge in [-0.05, 0) is 37.6 Å². The standard InChI is InChI=1S/C15H31N/c1-4-9-13(3)12-15(16-5-2)14-10-7-6-8-11-14/h13-16H,4-12H2,1-3H3. The minimum atomic E-state index is 0.798. The quantitative estimate of drug-likeness (QED) is 0.678. The largest absolute Gasteiger partial charge is 0.314 e. The molecule has 0 bridgehead atoms. The predicted octanol–water partition coefficient (Wildman–Crippen LogP) is 4.37. The molecule has 0 saturated heterocycles. The Hall–Kier alpha value is -0.0400. The molecule has 0 spiro atoms. The zero-order chi connectivity index (χ0) is 11.8. The van der Waals surface area contributed by atoms with E-state index in [1.807, 2.05) is 0 Å². The maximum Gasteiger partial charge on any atom is 0.00977 e. The summed E-state index contributed by atoms with van der Waals surface area (Å²) < 4.78 is 0. The lowest BCUT2D eigenvalue weighted by Crippen LogP contribution is -2.38. The van der Waals surface area contributed by atoms with Crippen LogP contribution in [0, 0.1) is 11.8 Å². The topological polar surface area (TPSA) is 12.0 Å². The zero-order valence-electron chi connectivity index (χ0n) is 11.6. The van der Waals surface area contributed by atoms with E-state index >= 15 is 0 Å². The van der Waals surface area contributed by atoms with Gasteiger partial charge < -0.3 is 5.32 Å². The van der Waals surface area contributed by atoms with Crippen LogP contribution in [-0.4, -0.2) is 12.6 Å². The van der Waals surface area contributed by atoms with Crippen LogP contribution in [0.25, 0.3) is 0 Å². The Morgan fingerprint density at radius 1 is 1.12 bits per heavy atom. The van der Waals surface area contributed by atoms with Crippen LogP contribution in [0.3, 0.4) is 0 Å². The van der Waals surface area contributed by atoms with Crippen molar-refractivity contribution in [3.8, 4) is 0 Å². The van der Waals surface area contributed by atoms with E-state index < -0.39 is 0 Å². The molecule has 1 aliphatic carbocycles. The van der Waals surface area contributed by atoms with Gasteiger partial charge in [0.05, 0.1) is 0 Å². The summed E-state index contributed by atoms with van der Waals surface area (Å²) in [5.74, 6) is 1.86. The van der Waals surface area contributed by atoms with E-state index in [1.165, 1.54) is 51.4 Å². The first-order valence-electron chi connectivity index (χ1n) is 7.51. The molecule has 0 amide bonds. The normalized spacial score (nSPS) is 21.9. The van der Waals surface area contributed by atoms with E-state index in [9.17, 15) is 0 Å². The van der Waals surface area contributed by atoms with Crippen LogP contribution in [0.1, 0.15) is 72.1 Å². The minimum Gasteiger partial charge on any atom is -0.314 e. The highest BCUT2D eigenvalue weighted by atomic mass is 14.9. The summed E-state index contributed by atoms with van der Waals surface area (Å²) in [4.78, 5) is 0. The van der Waals surface area contributed by atoms with Gasteiger partial charge in [-0.15, -0.1) is 0 Å². The fraction of sp³-hybridized carbons (Fsp3) is 1.00. The van der Waals surface area contributed by atoms with Gasteiger partial charge in [-0.25, -0.2) is 0 Å². The first-order valence-corrected chi connectivity index (χ1v) is 7.51. The van der Waals surface area contributed by atoms with E-state index in [4.69, 9.17) is 0 Å². The fourth-order valence-corrected chi connectivity index (χ4v) is 3.29. The predicted molar refractivity (Wildman–Crippen MR) is 72.7 cm³/mol. The second-order valence-electron chi connectivity index (χ2n) is 5.69. The van der Waals surface area contributed by atoms with Crippen LogP contribution < -0.4 is 5.32 Å². The molecular weight excluding hydrogens is 194 g/mol. The van der Waals surface area contributed by atoms with Crippen molar-refractivity contribution in [2.45, 2.75) is 78.2 Å². The molecule has 0 aromatic rings. The van der Waals surface area contributed by atoms with Gasteiger partial charge in [0.15, 0.2) is 0 Å². The lowest BCUT2D eigenvalue weighted by atomic mass is 9.80. The maximum atomic E-state index is 3.74. The van der Waals surface area contributed by atoms with Gasteiger partial charge in [0, 0.05) is 6.04 Å². The van der Waals surface area contributed by atoms with Crippen molar-refractivity contribution < 1.29 is 0 Å². The van der Waals surface area contributed by atoms with Gasteiger partial charge in [0.1, 0.15) is 0 Å². The fourth-order valence-electron chi connectivity index (χ4n) is 3.29. The SMILES string of the molecule is CCCC(C)CC(NCC)C1CCCCC1. The molecule has 0 aromatic heterocycles. The van der Waals surface area contributed by atoms with Crippen molar-refractivity contribution in [2.24, 2.45) is 11.8 Å². The van der Waals surface area contributed by atoms with Crippen LogP contribution in [0.5, 0.6) is 0 Å². The van der Waals surface area contributed by atoms with Gasteiger partial charge in [-0.3, -0.25) is 0 Å². The molecule has 2 unspecified atom stereocenters. The third-order valence-corrected chi connectivity index (χ3v) is 4.12. The molecule has 0 aromatic carbocycles. The van der Waals surface area contributed by atoms with Crippen molar-refractivity contribution >= 4 is 0 Å². The Morgan fingerprint density at radius 3 is 2.38 bits per heavy atom. The lowest BCUT2D eigenvalue weighted by Gasteiger charge is -2.32. The summed E-state index contributed by atoms with van der Waals surface area (Å²) in [5, 5.41) is 3.74. The molecule has 1 saturated carbocycles. The molecule has 0 radical (unpaired) electrons. The molecule has 1 rings (SSSR count). The highest BCUT2D eigenvalue weighted by molar-refractivity contribution is 4.80. The Balaban J connectivity index is 2.38. The van der Waals surface area contributed by atoms with Crippen LogP contribution >= 0.6 is 0 Å². The summed E-state index contributed by atoms with van der Waals surface area (Å²) in [6, 6.07) is 0.798. The van der Waals surface area contributed by atoms with Crippen molar-refractivity contribution in [2.75, 3.05) is 6.54 Å². The van der Waals surface area contributed by atoms with Crippen LogP contribution in [0.2, 0.25) is 0 Å². The average molecular weight is 225 g/mol. The van der Waals surface area contributed by atoms with E-state index in [0.29, 0.717) is 0 Å². The van der Waals surface area contributed by atoms with Crippen molar-refractivity contribution in [1.29, 1.82) is 0 Å². The molecule has 1 heteroatoms. The molecular formula is C15H31N. The van der Waals surface area contributed by atoms with Gasteiger partial charge in [-0.1, -0.05) is 52.9 Å². The Labute approximate surface area is 102 Å². The smallest absolute Gasteiger partial charge is 0.00977 e. The highest BCUT2D eigenvalue weighted by Crippen LogP contribution is 2.29. The second-order valence-corrected chi connectivity index (χ2v) is 5.69. The summed E-state index contributed by atoms with van der Waals surface area (Å²) in [5.41, 5.74) is 0. The van der Waals surface area contributed by atoms with Crippen molar-refractivity contribution in [3.05, 3.63) is 0 Å². The van der Waals surface area contributed by atoms with Gasteiger partial charge in [0.25, 0.3) is 0 Å². The maximum absolute atomic E-state index is 3.74. The number of hydrogen-bond acceptors (Lipinski definition) is 1. The molecule has 1 nitrogen and oxygen atoms in total. The van der Waals surface area contributed by atoms with Crippen molar-refractivity contribution in [1.82, 2.24) is 5.32 Å². The molecule has 0 aliphatic heterocycles.